The van der Waals surface area contributed by atoms with Crippen LogP contribution in [0.3, 0.4) is 0 Å². The molecule has 0 saturated carbocycles. The van der Waals surface area contributed by atoms with Crippen molar-refractivity contribution in [3.05, 3.63) is 65.5 Å². The zero-order chi connectivity index (χ0) is 24.4. The Hall–Kier alpha value is -1.59. The molecule has 3 atom stereocenters. The number of hydrogen-bond donors (Lipinski definition) is 1. The fraction of sp³-hybridized carbons (Fsp3) is 0.552. The molecule has 0 radical (unpaired) electrons. The smallest absolute Gasteiger partial charge is 0.106 e. The topological polar surface area (TPSA) is 33.1 Å². The Labute approximate surface area is 219 Å². The summed E-state index contributed by atoms with van der Waals surface area (Å²) in [7, 11) is 8.22. The van der Waals surface area contributed by atoms with Gasteiger partial charge in [-0.1, -0.05) is 42.0 Å². The third-order valence-electron chi connectivity index (χ3n) is 9.07. The molecule has 1 unspecified atom stereocenters. The maximum atomic E-state index is 4.87. The Morgan fingerprint density at radius 1 is 0.914 bits per heavy atom. The van der Waals surface area contributed by atoms with Crippen molar-refractivity contribution < 1.29 is 0 Å². The van der Waals surface area contributed by atoms with Crippen molar-refractivity contribution in [1.29, 1.82) is 0 Å². The lowest BCUT2D eigenvalue weighted by Gasteiger charge is -2.44. The van der Waals surface area contributed by atoms with Gasteiger partial charge in [0.1, 0.15) is 5.82 Å². The molecule has 3 saturated heterocycles. The van der Waals surface area contributed by atoms with E-state index in [1.54, 1.807) is 5.56 Å². The summed E-state index contributed by atoms with van der Waals surface area (Å²) in [6, 6.07) is 20.2. The first-order valence-electron chi connectivity index (χ1n) is 13.2. The highest BCUT2D eigenvalue weighted by Crippen LogP contribution is 2.44. The number of aryl methyl sites for hydroxylation is 2. The van der Waals surface area contributed by atoms with Gasteiger partial charge in [0, 0.05) is 39.8 Å². The van der Waals surface area contributed by atoms with Gasteiger partial charge in [0.2, 0.25) is 0 Å². The Bertz CT molecular complexity index is 1110. The molecular formula is C29H38Cl2N4. The minimum absolute atomic E-state index is 0.340. The normalized spacial score (nSPS) is 25.9. The zero-order valence-electron chi connectivity index (χ0n) is 21.0. The van der Waals surface area contributed by atoms with Crippen LogP contribution in [0.4, 0.5) is 0 Å². The lowest BCUT2D eigenvalue weighted by atomic mass is 9.70. The summed E-state index contributed by atoms with van der Waals surface area (Å²) in [5.41, 5.74) is 5.74. The molecule has 3 aliphatic rings. The molecule has 3 fully saturated rings. The third kappa shape index (κ3) is 4.87. The average molecular weight is 514 g/mol. The highest BCUT2D eigenvalue weighted by molar-refractivity contribution is 6.85. The third-order valence-corrected chi connectivity index (χ3v) is 9.07. The highest BCUT2D eigenvalue weighted by Gasteiger charge is 2.43. The molecular weight excluding hydrogens is 475 g/mol. The number of halogens is 2. The monoisotopic (exact) mass is 512 g/mol. The number of nitrogens with zero attached hydrogens (tertiary/aromatic N) is 3. The molecule has 1 N–H and O–H groups in total. The van der Waals surface area contributed by atoms with Crippen molar-refractivity contribution in [2.75, 3.05) is 19.6 Å². The molecule has 3 aromatic rings. The number of para-hydroxylation sites is 2. The zero-order valence-corrected chi connectivity index (χ0v) is 22.5. The summed E-state index contributed by atoms with van der Waals surface area (Å²) < 4.78 is 2.55. The molecule has 3 aliphatic heterocycles. The molecule has 0 spiro atoms. The molecule has 0 amide bonds. The van der Waals surface area contributed by atoms with Crippen molar-refractivity contribution >= 4 is 32.7 Å². The lowest BCUT2D eigenvalue weighted by molar-refractivity contribution is 0.0929. The van der Waals surface area contributed by atoms with Crippen LogP contribution in [-0.2, 0) is 5.41 Å². The first-order valence-corrected chi connectivity index (χ1v) is 14.4. The highest BCUT2D eigenvalue weighted by atomic mass is 36.5. The molecule has 35 heavy (non-hydrogen) atoms. The van der Waals surface area contributed by atoms with Gasteiger partial charge in [-0.25, -0.2) is 4.98 Å². The van der Waals surface area contributed by atoms with Crippen LogP contribution in [0.5, 0.6) is 0 Å². The summed E-state index contributed by atoms with van der Waals surface area (Å²) in [5, 5.41) is 3.61. The van der Waals surface area contributed by atoms with E-state index in [4.69, 9.17) is 4.98 Å². The van der Waals surface area contributed by atoms with Crippen molar-refractivity contribution in [1.82, 2.24) is 19.8 Å². The first-order chi connectivity index (χ1) is 17.1. The Kier molecular flexibility index (Phi) is 7.74. The van der Waals surface area contributed by atoms with Crippen LogP contribution in [0.2, 0.25) is 0 Å². The van der Waals surface area contributed by atoms with E-state index in [1.807, 2.05) is 0 Å². The molecule has 0 aliphatic carbocycles. The molecule has 2 bridgehead atoms. The SMILES string of the molecule is Cc1ccc(C2(CCN3[C@@H]4CC[C@H]3CC(n3c(C)nc5ccccc53)C4)CCNCC2)cc1.ClCl. The number of rotatable bonds is 5. The summed E-state index contributed by atoms with van der Waals surface area (Å²) in [6.45, 7) is 7.94. The molecule has 4 nitrogen and oxygen atoms in total. The number of piperidine rings is 2. The van der Waals surface area contributed by atoms with Crippen LogP contribution in [0.1, 0.15) is 67.9 Å². The maximum absolute atomic E-state index is 4.87. The summed E-state index contributed by atoms with van der Waals surface area (Å²) in [5.74, 6) is 1.18. The average Bonchev–Trinajstić information content (AvgIpc) is 3.35. The van der Waals surface area contributed by atoms with E-state index < -0.39 is 0 Å². The van der Waals surface area contributed by atoms with Crippen LogP contribution in [-0.4, -0.2) is 46.2 Å². The number of aromatic nitrogens is 2. The fourth-order valence-electron chi connectivity index (χ4n) is 7.29. The second-order valence-electron chi connectivity index (χ2n) is 10.9. The van der Waals surface area contributed by atoms with Gasteiger partial charge in [-0.15, -0.1) is 0 Å². The van der Waals surface area contributed by atoms with Gasteiger partial charge in [0.05, 0.1) is 11.0 Å². The van der Waals surface area contributed by atoms with Gasteiger partial charge in [0.15, 0.2) is 0 Å². The molecule has 6 heteroatoms. The van der Waals surface area contributed by atoms with E-state index in [-0.39, 0.29) is 0 Å². The predicted molar refractivity (Wildman–Crippen MR) is 148 cm³/mol. The van der Waals surface area contributed by atoms with Crippen molar-refractivity contribution in [3.8, 4) is 0 Å². The number of nitrogens with one attached hydrogen (secondary N) is 1. The quantitative estimate of drug-likeness (QED) is 0.402. The van der Waals surface area contributed by atoms with Gasteiger partial charge in [-0.2, -0.15) is 0 Å². The van der Waals surface area contributed by atoms with Crippen molar-refractivity contribution in [3.63, 3.8) is 0 Å². The van der Waals surface area contributed by atoms with Crippen LogP contribution >= 0.6 is 21.7 Å². The van der Waals surface area contributed by atoms with Gasteiger partial charge in [-0.05, 0) is 102 Å². The Morgan fingerprint density at radius 3 is 2.26 bits per heavy atom. The molecule has 188 valence electrons. The van der Waals surface area contributed by atoms with Crippen LogP contribution in [0, 0.1) is 13.8 Å². The summed E-state index contributed by atoms with van der Waals surface area (Å²) >= 11 is 0. The van der Waals surface area contributed by atoms with Crippen LogP contribution in [0.25, 0.3) is 11.0 Å². The Balaban J connectivity index is 0.00000124. The van der Waals surface area contributed by atoms with E-state index >= 15 is 0 Å². The van der Waals surface area contributed by atoms with E-state index in [1.165, 1.54) is 68.4 Å². The lowest BCUT2D eigenvalue weighted by Crippen LogP contribution is -2.47. The number of benzene rings is 2. The molecule has 1 aromatic heterocycles. The van der Waals surface area contributed by atoms with Gasteiger partial charge in [-0.3, -0.25) is 4.90 Å². The predicted octanol–water partition coefficient (Wildman–Crippen LogP) is 6.91. The summed E-state index contributed by atoms with van der Waals surface area (Å²) in [4.78, 5) is 7.77. The second kappa shape index (κ2) is 10.8. The van der Waals surface area contributed by atoms with E-state index in [0.717, 1.165) is 30.7 Å². The molecule has 4 heterocycles. The van der Waals surface area contributed by atoms with Gasteiger partial charge >= 0.3 is 0 Å². The second-order valence-corrected chi connectivity index (χ2v) is 10.9. The minimum Gasteiger partial charge on any atom is -0.325 e. The Morgan fingerprint density at radius 2 is 1.57 bits per heavy atom. The van der Waals surface area contributed by atoms with E-state index in [2.05, 4.69) is 98.9 Å². The number of fused-ring (bicyclic) bond motifs is 3. The van der Waals surface area contributed by atoms with E-state index in [0.29, 0.717) is 11.5 Å². The largest absolute Gasteiger partial charge is 0.325 e. The van der Waals surface area contributed by atoms with Gasteiger partial charge < -0.3 is 9.88 Å². The molecule has 6 rings (SSSR count). The minimum atomic E-state index is 0.340. The van der Waals surface area contributed by atoms with Crippen molar-refractivity contribution in [2.24, 2.45) is 0 Å². The van der Waals surface area contributed by atoms with E-state index in [9.17, 15) is 0 Å². The number of hydrogen-bond acceptors (Lipinski definition) is 3. The van der Waals surface area contributed by atoms with Gasteiger partial charge in [0.25, 0.3) is 0 Å². The molecule has 2 aromatic carbocycles. The first kappa shape index (κ1) is 25.1. The maximum Gasteiger partial charge on any atom is 0.106 e. The standard InChI is InChI=1S/C29H38N4.Cl2/c1-21-7-9-23(10-8-21)29(13-16-30-17-14-29)15-18-32-24-11-12-25(32)20-26(19-24)33-22(2)31-27-5-3-4-6-28(27)33;1-2/h3-10,24-26,30H,11-20H2,1-2H3;/t24-,25+,26?;. The van der Waals surface area contributed by atoms with Crippen molar-refractivity contribution in [2.45, 2.75) is 82.3 Å². The summed E-state index contributed by atoms with van der Waals surface area (Å²) in [6.07, 6.45) is 9.11. The van der Waals surface area contributed by atoms with Crippen LogP contribution < -0.4 is 5.32 Å². The van der Waals surface area contributed by atoms with Crippen LogP contribution in [0.15, 0.2) is 48.5 Å². The number of imidazole rings is 1. The fourth-order valence-corrected chi connectivity index (χ4v) is 7.29.